The van der Waals surface area contributed by atoms with Gasteiger partial charge in [-0.25, -0.2) is 8.42 Å². The fraction of sp³-hybridized carbons (Fsp3) is 0. The van der Waals surface area contributed by atoms with E-state index in [-0.39, 0.29) is 10.7 Å². The summed E-state index contributed by atoms with van der Waals surface area (Å²) in [6, 6.07) is 11.9. The first-order chi connectivity index (χ1) is 9.38. The first kappa shape index (κ1) is 14.9. The van der Waals surface area contributed by atoms with Crippen LogP contribution in [0.5, 0.6) is 0 Å². The number of aliphatic hydroxyl groups excluding tert-OH is 1. The summed E-state index contributed by atoms with van der Waals surface area (Å²) in [5.41, 5.74) is 0.368. The van der Waals surface area contributed by atoms with Crippen LogP contribution in [-0.4, -0.2) is 13.5 Å². The second-order valence-corrected chi connectivity index (χ2v) is 6.68. The molecule has 0 saturated heterocycles. The van der Waals surface area contributed by atoms with Crippen molar-refractivity contribution in [2.24, 2.45) is 0 Å². The van der Waals surface area contributed by atoms with Crippen molar-refractivity contribution < 1.29 is 13.5 Å². The van der Waals surface area contributed by atoms with Crippen molar-refractivity contribution in [1.29, 1.82) is 0 Å². The summed E-state index contributed by atoms with van der Waals surface area (Å²) >= 11 is 11.4. The van der Waals surface area contributed by atoms with Crippen molar-refractivity contribution in [1.82, 2.24) is 0 Å². The Morgan fingerprint density at radius 3 is 1.85 bits per heavy atom. The molecule has 0 saturated carbocycles. The molecule has 0 aliphatic carbocycles. The summed E-state index contributed by atoms with van der Waals surface area (Å²) < 4.78 is 24.2. The van der Waals surface area contributed by atoms with Crippen LogP contribution < -0.4 is 0 Å². The fourth-order valence-electron chi connectivity index (χ4n) is 1.53. The van der Waals surface area contributed by atoms with Gasteiger partial charge in [-0.1, -0.05) is 23.2 Å². The minimum atomic E-state index is -3.74. The maximum atomic E-state index is 12.1. The third kappa shape index (κ3) is 3.54. The number of aliphatic hydroxyl groups is 1. The molecule has 2 aromatic carbocycles. The van der Waals surface area contributed by atoms with E-state index < -0.39 is 9.84 Å². The predicted octanol–water partition coefficient (Wildman–Crippen LogP) is 4.32. The Labute approximate surface area is 127 Å². The number of sulfone groups is 1. The number of rotatable bonds is 3. The van der Waals surface area contributed by atoms with E-state index in [2.05, 4.69) is 0 Å². The van der Waals surface area contributed by atoms with Crippen molar-refractivity contribution in [2.45, 2.75) is 4.90 Å². The van der Waals surface area contributed by atoms with Gasteiger partial charge in [-0.05, 0) is 48.5 Å². The van der Waals surface area contributed by atoms with Crippen molar-refractivity contribution >= 4 is 38.8 Å². The van der Waals surface area contributed by atoms with E-state index in [1.54, 1.807) is 12.1 Å². The SMILES string of the molecule is O=S(=O)(/C=C(\O)c1ccc(Cl)cc1)c1ccc(Cl)cc1. The lowest BCUT2D eigenvalue weighted by Crippen LogP contribution is -1.98. The predicted molar refractivity (Wildman–Crippen MR) is 80.7 cm³/mol. The van der Waals surface area contributed by atoms with Crippen molar-refractivity contribution in [3.63, 3.8) is 0 Å². The van der Waals surface area contributed by atoms with Gasteiger partial charge in [0.05, 0.1) is 10.3 Å². The molecule has 0 aliphatic rings. The zero-order chi connectivity index (χ0) is 14.8. The van der Waals surface area contributed by atoms with Crippen molar-refractivity contribution in [2.75, 3.05) is 0 Å². The van der Waals surface area contributed by atoms with Crippen molar-refractivity contribution in [3.05, 3.63) is 69.5 Å². The molecule has 1 N–H and O–H groups in total. The van der Waals surface area contributed by atoms with Gasteiger partial charge >= 0.3 is 0 Å². The Morgan fingerprint density at radius 1 is 0.900 bits per heavy atom. The summed E-state index contributed by atoms with van der Waals surface area (Å²) in [6.07, 6.45) is 0. The molecule has 6 heteroatoms. The lowest BCUT2D eigenvalue weighted by molar-refractivity contribution is 0.512. The molecule has 0 amide bonds. The zero-order valence-electron chi connectivity index (χ0n) is 10.1. The van der Waals surface area contributed by atoms with E-state index in [4.69, 9.17) is 23.2 Å². The van der Waals surface area contributed by atoms with Gasteiger partial charge < -0.3 is 5.11 Å². The van der Waals surface area contributed by atoms with E-state index in [0.29, 0.717) is 15.6 Å². The molecular formula is C14H10Cl2O3S. The van der Waals surface area contributed by atoms with Gasteiger partial charge in [-0.15, -0.1) is 0 Å². The molecule has 0 bridgehead atoms. The molecule has 0 aromatic heterocycles. The first-order valence-electron chi connectivity index (χ1n) is 5.56. The van der Waals surface area contributed by atoms with Gasteiger partial charge in [0.1, 0.15) is 5.76 Å². The highest BCUT2D eigenvalue weighted by Crippen LogP contribution is 2.21. The van der Waals surface area contributed by atoms with Crippen LogP contribution in [0.3, 0.4) is 0 Å². The maximum Gasteiger partial charge on any atom is 0.203 e. The molecule has 0 heterocycles. The largest absolute Gasteiger partial charge is 0.507 e. The number of benzene rings is 2. The average molecular weight is 329 g/mol. The van der Waals surface area contributed by atoms with Gasteiger partial charge in [0.15, 0.2) is 0 Å². The molecule has 0 spiro atoms. The summed E-state index contributed by atoms with van der Waals surface area (Å²) in [5, 5.41) is 11.6. The molecule has 0 fully saturated rings. The molecule has 0 aliphatic heterocycles. The van der Waals surface area contributed by atoms with Gasteiger partial charge in [0, 0.05) is 15.6 Å². The smallest absolute Gasteiger partial charge is 0.203 e. The summed E-state index contributed by atoms with van der Waals surface area (Å²) in [7, 11) is -3.74. The van der Waals surface area contributed by atoms with E-state index in [1.807, 2.05) is 0 Å². The average Bonchev–Trinajstić information content (AvgIpc) is 2.39. The third-order valence-corrected chi connectivity index (χ3v) is 4.52. The maximum absolute atomic E-state index is 12.1. The van der Waals surface area contributed by atoms with E-state index >= 15 is 0 Å². The summed E-state index contributed by atoms with van der Waals surface area (Å²) in [4.78, 5) is 0.0578. The van der Waals surface area contributed by atoms with Gasteiger partial charge in [0.25, 0.3) is 0 Å². The summed E-state index contributed by atoms with van der Waals surface area (Å²) in [6.45, 7) is 0. The second kappa shape index (κ2) is 5.87. The molecule has 104 valence electrons. The van der Waals surface area contributed by atoms with Crippen LogP contribution in [0, 0.1) is 0 Å². The highest BCUT2D eigenvalue weighted by atomic mass is 35.5. The monoisotopic (exact) mass is 328 g/mol. The Hall–Kier alpha value is -1.49. The van der Waals surface area contributed by atoms with Crippen LogP contribution >= 0.6 is 23.2 Å². The Kier molecular flexibility index (Phi) is 4.38. The summed E-state index contributed by atoms with van der Waals surface area (Å²) in [5.74, 6) is -0.350. The lowest BCUT2D eigenvalue weighted by atomic mass is 10.2. The minimum absolute atomic E-state index is 0.0578. The lowest BCUT2D eigenvalue weighted by Gasteiger charge is -2.03. The molecule has 3 nitrogen and oxygen atoms in total. The standard InChI is InChI=1S/C14H10Cl2O3S/c15-11-3-1-10(2-4-11)14(17)9-20(18,19)13-7-5-12(16)6-8-13/h1-9,17H/b14-9-. The van der Waals surface area contributed by atoms with Gasteiger partial charge in [0.2, 0.25) is 9.84 Å². The zero-order valence-corrected chi connectivity index (χ0v) is 12.5. The van der Waals surface area contributed by atoms with Crippen LogP contribution in [0.15, 0.2) is 58.8 Å². The van der Waals surface area contributed by atoms with Gasteiger partial charge in [-0.3, -0.25) is 0 Å². The number of halogens is 2. The Balaban J connectivity index is 2.37. The van der Waals surface area contributed by atoms with Gasteiger partial charge in [-0.2, -0.15) is 0 Å². The quantitative estimate of drug-likeness (QED) is 0.853. The topological polar surface area (TPSA) is 54.4 Å². The Morgan fingerprint density at radius 2 is 1.35 bits per heavy atom. The first-order valence-corrected chi connectivity index (χ1v) is 7.86. The fourth-order valence-corrected chi connectivity index (χ4v) is 2.86. The van der Waals surface area contributed by atoms with Crippen LogP contribution in [0.25, 0.3) is 5.76 Å². The highest BCUT2D eigenvalue weighted by Gasteiger charge is 2.13. The molecule has 2 aromatic rings. The van der Waals surface area contributed by atoms with Crippen LogP contribution in [-0.2, 0) is 9.84 Å². The molecular weight excluding hydrogens is 319 g/mol. The molecule has 0 unspecified atom stereocenters. The minimum Gasteiger partial charge on any atom is -0.507 e. The van der Waals surface area contributed by atoms with Crippen LogP contribution in [0.2, 0.25) is 10.0 Å². The number of hydrogen-bond donors (Lipinski definition) is 1. The second-order valence-electron chi connectivity index (χ2n) is 4.01. The van der Waals surface area contributed by atoms with Crippen molar-refractivity contribution in [3.8, 4) is 0 Å². The van der Waals surface area contributed by atoms with E-state index in [1.165, 1.54) is 36.4 Å². The third-order valence-electron chi connectivity index (χ3n) is 2.55. The van der Waals surface area contributed by atoms with Crippen LogP contribution in [0.4, 0.5) is 0 Å². The highest BCUT2D eigenvalue weighted by molar-refractivity contribution is 7.94. The molecule has 20 heavy (non-hydrogen) atoms. The number of hydrogen-bond acceptors (Lipinski definition) is 3. The normalized spacial score (nSPS) is 12.4. The molecule has 0 radical (unpaired) electrons. The van der Waals surface area contributed by atoms with E-state index in [9.17, 15) is 13.5 Å². The Bertz CT molecular complexity index is 733. The molecule has 0 atom stereocenters. The van der Waals surface area contributed by atoms with Crippen LogP contribution in [0.1, 0.15) is 5.56 Å². The van der Waals surface area contributed by atoms with E-state index in [0.717, 1.165) is 5.41 Å². The molecule has 2 rings (SSSR count).